The van der Waals surface area contributed by atoms with Crippen molar-refractivity contribution in [3.05, 3.63) is 81.5 Å². The second-order valence-electron chi connectivity index (χ2n) is 6.43. The molecular weight excluding hydrogens is 390 g/mol. The average Bonchev–Trinajstić information content (AvgIpc) is 3.43. The third kappa shape index (κ3) is 4.35. The lowest BCUT2D eigenvalue weighted by Crippen LogP contribution is -2.15. The number of ether oxygens (including phenoxy) is 2. The number of hydrogen-bond donors (Lipinski definition) is 1. The number of amides is 1. The van der Waals surface area contributed by atoms with Gasteiger partial charge in [0.25, 0.3) is 5.91 Å². The standard InChI is InChI=1S/C22H17NO5S/c24-18(14-6-7-19-15(11-14)8-9-27-19)13-28-22(26)16-3-1-4-17(12-16)23-21(25)20-5-2-10-29-20/h1-7,10-12H,8-9,13H2,(H,23,25). The monoisotopic (exact) mass is 407 g/mol. The van der Waals surface area contributed by atoms with Crippen LogP contribution in [0.4, 0.5) is 5.69 Å². The van der Waals surface area contributed by atoms with Crippen molar-refractivity contribution in [2.75, 3.05) is 18.5 Å². The number of Topliss-reactive ketones (excluding diaryl/α,β-unsaturated/α-hetero) is 1. The molecule has 1 aromatic heterocycles. The molecule has 2 heterocycles. The highest BCUT2D eigenvalue weighted by atomic mass is 32.1. The van der Waals surface area contributed by atoms with Crippen LogP contribution in [0.15, 0.2) is 60.0 Å². The third-order valence-electron chi connectivity index (χ3n) is 4.45. The normalized spacial score (nSPS) is 12.0. The summed E-state index contributed by atoms with van der Waals surface area (Å²) in [5, 5.41) is 4.55. The Balaban J connectivity index is 1.37. The second-order valence-corrected chi connectivity index (χ2v) is 7.38. The van der Waals surface area contributed by atoms with Gasteiger partial charge in [0, 0.05) is 17.7 Å². The molecule has 1 aliphatic heterocycles. The minimum absolute atomic E-state index is 0.249. The molecule has 0 saturated heterocycles. The number of fused-ring (bicyclic) bond motifs is 1. The molecule has 6 nitrogen and oxygen atoms in total. The highest BCUT2D eigenvalue weighted by Gasteiger charge is 2.17. The fourth-order valence-corrected chi connectivity index (χ4v) is 3.60. The number of carbonyl (C=O) groups excluding carboxylic acids is 3. The van der Waals surface area contributed by atoms with Gasteiger partial charge >= 0.3 is 5.97 Å². The Morgan fingerprint density at radius 3 is 2.76 bits per heavy atom. The zero-order chi connectivity index (χ0) is 20.2. The molecule has 7 heteroatoms. The van der Waals surface area contributed by atoms with E-state index in [1.54, 1.807) is 48.5 Å². The van der Waals surface area contributed by atoms with Gasteiger partial charge in [-0.15, -0.1) is 11.3 Å². The van der Waals surface area contributed by atoms with Crippen LogP contribution in [0.2, 0.25) is 0 Å². The van der Waals surface area contributed by atoms with Crippen molar-refractivity contribution in [3.63, 3.8) is 0 Å². The molecular formula is C22H17NO5S. The van der Waals surface area contributed by atoms with Gasteiger partial charge in [-0.2, -0.15) is 0 Å². The lowest BCUT2D eigenvalue weighted by atomic mass is 10.1. The highest BCUT2D eigenvalue weighted by molar-refractivity contribution is 7.12. The van der Waals surface area contributed by atoms with Crippen molar-refractivity contribution in [3.8, 4) is 5.75 Å². The molecule has 146 valence electrons. The number of nitrogens with one attached hydrogen (secondary N) is 1. The van der Waals surface area contributed by atoms with Crippen molar-refractivity contribution in [1.82, 2.24) is 0 Å². The van der Waals surface area contributed by atoms with Crippen LogP contribution in [-0.4, -0.2) is 30.9 Å². The molecule has 0 unspecified atom stereocenters. The molecule has 0 saturated carbocycles. The average molecular weight is 407 g/mol. The van der Waals surface area contributed by atoms with E-state index < -0.39 is 5.97 Å². The first-order valence-electron chi connectivity index (χ1n) is 9.01. The van der Waals surface area contributed by atoms with Crippen LogP contribution >= 0.6 is 11.3 Å². The molecule has 3 aromatic rings. The quantitative estimate of drug-likeness (QED) is 0.494. The van der Waals surface area contributed by atoms with E-state index in [2.05, 4.69) is 5.32 Å². The largest absolute Gasteiger partial charge is 0.493 e. The summed E-state index contributed by atoms with van der Waals surface area (Å²) in [5.41, 5.74) is 2.20. The van der Waals surface area contributed by atoms with Crippen molar-refractivity contribution < 1.29 is 23.9 Å². The minimum Gasteiger partial charge on any atom is -0.493 e. The first kappa shape index (κ1) is 18.9. The lowest BCUT2D eigenvalue weighted by molar-refractivity contribution is 0.0474. The minimum atomic E-state index is -0.630. The van der Waals surface area contributed by atoms with E-state index in [1.807, 2.05) is 5.38 Å². The predicted octanol–water partition coefficient (Wildman–Crippen LogP) is 3.98. The van der Waals surface area contributed by atoms with Crippen LogP contribution in [0.25, 0.3) is 0 Å². The number of benzene rings is 2. The number of rotatable bonds is 6. The molecule has 4 rings (SSSR count). The van der Waals surface area contributed by atoms with Gasteiger partial charge in [-0.25, -0.2) is 4.79 Å². The van der Waals surface area contributed by atoms with E-state index in [1.165, 1.54) is 17.4 Å². The Morgan fingerprint density at radius 2 is 1.93 bits per heavy atom. The van der Waals surface area contributed by atoms with E-state index in [0.717, 1.165) is 17.7 Å². The molecule has 0 fully saturated rings. The van der Waals surface area contributed by atoms with Crippen LogP contribution in [0.1, 0.15) is 36.0 Å². The maximum Gasteiger partial charge on any atom is 0.338 e. The van der Waals surface area contributed by atoms with Crippen LogP contribution in [-0.2, 0) is 11.2 Å². The van der Waals surface area contributed by atoms with Gasteiger partial charge < -0.3 is 14.8 Å². The Bertz CT molecular complexity index is 1070. The summed E-state index contributed by atoms with van der Waals surface area (Å²) < 4.78 is 10.6. The van der Waals surface area contributed by atoms with Gasteiger partial charge in [-0.3, -0.25) is 9.59 Å². The number of anilines is 1. The predicted molar refractivity (Wildman–Crippen MR) is 109 cm³/mol. The molecule has 0 spiro atoms. The molecule has 0 bridgehead atoms. The van der Waals surface area contributed by atoms with Gasteiger partial charge in [0.2, 0.25) is 0 Å². The molecule has 0 radical (unpaired) electrons. The molecule has 0 aliphatic carbocycles. The van der Waals surface area contributed by atoms with Gasteiger partial charge in [0.05, 0.1) is 17.0 Å². The first-order chi connectivity index (χ1) is 14.1. The Labute approximate surface area is 171 Å². The van der Waals surface area contributed by atoms with Crippen LogP contribution in [0.3, 0.4) is 0 Å². The maximum atomic E-state index is 12.4. The van der Waals surface area contributed by atoms with Crippen molar-refractivity contribution >= 4 is 34.7 Å². The molecule has 2 aromatic carbocycles. The topological polar surface area (TPSA) is 81.7 Å². The van der Waals surface area contributed by atoms with Gasteiger partial charge in [0.15, 0.2) is 12.4 Å². The zero-order valence-electron chi connectivity index (χ0n) is 15.3. The summed E-state index contributed by atoms with van der Waals surface area (Å²) in [6, 6.07) is 15.1. The fourth-order valence-electron chi connectivity index (χ4n) is 2.98. The van der Waals surface area contributed by atoms with E-state index >= 15 is 0 Å². The van der Waals surface area contributed by atoms with Gasteiger partial charge in [0.1, 0.15) is 5.75 Å². The van der Waals surface area contributed by atoms with E-state index in [-0.39, 0.29) is 23.9 Å². The van der Waals surface area contributed by atoms with E-state index in [0.29, 0.717) is 22.7 Å². The molecule has 1 aliphatic rings. The lowest BCUT2D eigenvalue weighted by Gasteiger charge is -2.08. The van der Waals surface area contributed by atoms with Crippen molar-refractivity contribution in [2.24, 2.45) is 0 Å². The molecule has 29 heavy (non-hydrogen) atoms. The van der Waals surface area contributed by atoms with Crippen LogP contribution in [0.5, 0.6) is 5.75 Å². The number of thiophene rings is 1. The Morgan fingerprint density at radius 1 is 1.03 bits per heavy atom. The number of carbonyl (C=O) groups is 3. The highest BCUT2D eigenvalue weighted by Crippen LogP contribution is 2.26. The summed E-state index contributed by atoms with van der Waals surface area (Å²) >= 11 is 1.33. The summed E-state index contributed by atoms with van der Waals surface area (Å²) in [6.07, 6.45) is 0.764. The smallest absolute Gasteiger partial charge is 0.338 e. The number of hydrogen-bond acceptors (Lipinski definition) is 6. The van der Waals surface area contributed by atoms with Gasteiger partial charge in [-0.05, 0) is 53.4 Å². The summed E-state index contributed by atoms with van der Waals surface area (Å²) in [4.78, 5) is 37.4. The van der Waals surface area contributed by atoms with E-state index in [4.69, 9.17) is 9.47 Å². The maximum absolute atomic E-state index is 12.4. The first-order valence-corrected chi connectivity index (χ1v) is 9.89. The summed E-state index contributed by atoms with van der Waals surface area (Å²) in [6.45, 7) is 0.256. The number of ketones is 1. The van der Waals surface area contributed by atoms with E-state index in [9.17, 15) is 14.4 Å². The summed E-state index contributed by atoms with van der Waals surface area (Å²) in [5.74, 6) is -0.369. The van der Waals surface area contributed by atoms with Crippen LogP contribution in [0, 0.1) is 0 Å². The van der Waals surface area contributed by atoms with Crippen LogP contribution < -0.4 is 10.1 Å². The van der Waals surface area contributed by atoms with Crippen molar-refractivity contribution in [1.29, 1.82) is 0 Å². The molecule has 1 N–H and O–H groups in total. The second kappa shape index (κ2) is 8.28. The zero-order valence-corrected chi connectivity index (χ0v) is 16.2. The number of esters is 1. The fraction of sp³-hybridized carbons (Fsp3) is 0.136. The third-order valence-corrected chi connectivity index (χ3v) is 5.32. The molecule has 1 amide bonds. The SMILES string of the molecule is O=C(COC(=O)c1cccc(NC(=O)c2cccs2)c1)c1ccc2c(c1)CCO2. The Kier molecular flexibility index (Phi) is 5.39. The summed E-state index contributed by atoms with van der Waals surface area (Å²) in [7, 11) is 0. The van der Waals surface area contributed by atoms with Crippen molar-refractivity contribution in [2.45, 2.75) is 6.42 Å². The molecule has 0 atom stereocenters. The van der Waals surface area contributed by atoms with Gasteiger partial charge in [-0.1, -0.05) is 12.1 Å². The Hall–Kier alpha value is -3.45.